The Morgan fingerprint density at radius 3 is 2.56 bits per heavy atom. The van der Waals surface area contributed by atoms with Crippen molar-refractivity contribution in [2.75, 3.05) is 20.2 Å². The van der Waals surface area contributed by atoms with Crippen molar-refractivity contribution in [3.8, 4) is 0 Å². The molecule has 5 nitrogen and oxygen atoms in total. The predicted octanol–water partition coefficient (Wildman–Crippen LogP) is 0.220. The lowest BCUT2D eigenvalue weighted by Gasteiger charge is -2.11. The van der Waals surface area contributed by atoms with Gasteiger partial charge in [-0.1, -0.05) is 6.08 Å². The van der Waals surface area contributed by atoms with Crippen molar-refractivity contribution in [2.45, 2.75) is 26.8 Å². The van der Waals surface area contributed by atoms with E-state index in [4.69, 9.17) is 0 Å². The van der Waals surface area contributed by atoms with Gasteiger partial charge in [-0.05, 0) is 20.8 Å². The Bertz CT molecular complexity index is 274. The van der Waals surface area contributed by atoms with Crippen molar-refractivity contribution >= 4 is 11.9 Å². The summed E-state index contributed by atoms with van der Waals surface area (Å²) in [5.74, 6) is -0.404. The van der Waals surface area contributed by atoms with E-state index in [1.807, 2.05) is 6.92 Å². The Morgan fingerprint density at radius 2 is 2.06 bits per heavy atom. The van der Waals surface area contributed by atoms with E-state index in [1.165, 1.54) is 7.11 Å². The molecule has 0 heterocycles. The Morgan fingerprint density at radius 1 is 1.44 bits per heavy atom. The molecule has 0 aromatic heterocycles. The van der Waals surface area contributed by atoms with E-state index in [0.29, 0.717) is 18.7 Å². The zero-order chi connectivity index (χ0) is 12.6. The van der Waals surface area contributed by atoms with Crippen LogP contribution in [0.3, 0.4) is 0 Å². The normalized spacial score (nSPS) is 13.1. The van der Waals surface area contributed by atoms with Gasteiger partial charge in [-0.25, -0.2) is 4.79 Å². The van der Waals surface area contributed by atoms with Crippen LogP contribution in [0.25, 0.3) is 0 Å². The van der Waals surface area contributed by atoms with Gasteiger partial charge in [-0.3, -0.25) is 4.79 Å². The molecule has 0 fully saturated rings. The Balaban J connectivity index is 3.97. The SMILES string of the molecule is CCNC(=O)C(C)NC/C=C(/C)C(=O)OC. The Hall–Kier alpha value is -1.36. The van der Waals surface area contributed by atoms with Crippen LogP contribution in [-0.4, -0.2) is 38.1 Å². The molecule has 0 aliphatic rings. The first-order valence-corrected chi connectivity index (χ1v) is 5.29. The number of carbonyl (C=O) groups is 2. The first kappa shape index (κ1) is 14.6. The molecule has 2 N–H and O–H groups in total. The lowest BCUT2D eigenvalue weighted by molar-refractivity contribution is -0.136. The van der Waals surface area contributed by atoms with E-state index < -0.39 is 0 Å². The highest BCUT2D eigenvalue weighted by Crippen LogP contribution is 1.94. The third-order valence-corrected chi connectivity index (χ3v) is 2.08. The van der Waals surface area contributed by atoms with Crippen molar-refractivity contribution in [1.82, 2.24) is 10.6 Å². The summed E-state index contributed by atoms with van der Waals surface area (Å²) in [5.41, 5.74) is 0.526. The van der Waals surface area contributed by atoms with Crippen LogP contribution in [0, 0.1) is 0 Å². The standard InChI is InChI=1S/C11H20N2O3/c1-5-12-10(14)9(3)13-7-6-8(2)11(15)16-4/h6,9,13H,5,7H2,1-4H3,(H,12,14)/b8-6-. The van der Waals surface area contributed by atoms with Crippen molar-refractivity contribution in [3.63, 3.8) is 0 Å². The van der Waals surface area contributed by atoms with Gasteiger partial charge < -0.3 is 15.4 Å². The van der Waals surface area contributed by atoms with Gasteiger partial charge in [0.1, 0.15) is 0 Å². The summed E-state index contributed by atoms with van der Waals surface area (Å²) < 4.78 is 4.54. The zero-order valence-corrected chi connectivity index (χ0v) is 10.3. The number of hydrogen-bond acceptors (Lipinski definition) is 4. The number of esters is 1. The first-order chi connectivity index (χ1) is 7.52. The topological polar surface area (TPSA) is 67.4 Å². The van der Waals surface area contributed by atoms with Crippen molar-refractivity contribution < 1.29 is 14.3 Å². The van der Waals surface area contributed by atoms with Crippen molar-refractivity contribution in [2.24, 2.45) is 0 Å². The van der Waals surface area contributed by atoms with Crippen molar-refractivity contribution in [1.29, 1.82) is 0 Å². The summed E-state index contributed by atoms with van der Waals surface area (Å²) in [6, 6.07) is -0.276. The molecule has 0 saturated heterocycles. The van der Waals surface area contributed by atoms with Crippen LogP contribution in [0.1, 0.15) is 20.8 Å². The maximum absolute atomic E-state index is 11.3. The minimum Gasteiger partial charge on any atom is -0.466 e. The second-order valence-electron chi connectivity index (χ2n) is 3.40. The number of rotatable bonds is 6. The fourth-order valence-corrected chi connectivity index (χ4v) is 1.05. The lowest BCUT2D eigenvalue weighted by Crippen LogP contribution is -2.42. The molecule has 1 unspecified atom stereocenters. The van der Waals surface area contributed by atoms with E-state index in [1.54, 1.807) is 19.9 Å². The monoisotopic (exact) mass is 228 g/mol. The van der Waals surface area contributed by atoms with Gasteiger partial charge in [0.25, 0.3) is 0 Å². The molecule has 1 atom stereocenters. The second-order valence-corrected chi connectivity index (χ2v) is 3.40. The summed E-state index contributed by atoms with van der Waals surface area (Å²) in [4.78, 5) is 22.3. The molecule has 0 aliphatic carbocycles. The minimum absolute atomic E-state index is 0.0494. The quantitative estimate of drug-likeness (QED) is 0.504. The first-order valence-electron chi connectivity index (χ1n) is 5.29. The van der Waals surface area contributed by atoms with Crippen LogP contribution in [0.2, 0.25) is 0 Å². The number of nitrogens with one attached hydrogen (secondary N) is 2. The number of hydrogen-bond donors (Lipinski definition) is 2. The van der Waals surface area contributed by atoms with Gasteiger partial charge in [-0.2, -0.15) is 0 Å². The minimum atomic E-state index is -0.354. The predicted molar refractivity (Wildman–Crippen MR) is 61.9 cm³/mol. The fraction of sp³-hybridized carbons (Fsp3) is 0.636. The van der Waals surface area contributed by atoms with E-state index in [2.05, 4.69) is 15.4 Å². The molecule has 0 rings (SSSR count). The summed E-state index contributed by atoms with van der Waals surface area (Å²) >= 11 is 0. The van der Waals surface area contributed by atoms with Gasteiger partial charge in [0.05, 0.1) is 13.2 Å². The van der Waals surface area contributed by atoms with Crippen LogP contribution in [0.15, 0.2) is 11.6 Å². The average Bonchev–Trinajstić information content (AvgIpc) is 2.27. The molecular formula is C11H20N2O3. The largest absolute Gasteiger partial charge is 0.466 e. The molecule has 92 valence electrons. The van der Waals surface area contributed by atoms with Gasteiger partial charge in [-0.15, -0.1) is 0 Å². The molecule has 0 aromatic rings. The molecule has 1 amide bonds. The van der Waals surface area contributed by atoms with Gasteiger partial charge in [0.2, 0.25) is 5.91 Å². The number of ether oxygens (including phenoxy) is 1. The van der Waals surface area contributed by atoms with Gasteiger partial charge in [0.15, 0.2) is 0 Å². The van der Waals surface area contributed by atoms with Gasteiger partial charge >= 0.3 is 5.97 Å². The van der Waals surface area contributed by atoms with Crippen molar-refractivity contribution in [3.05, 3.63) is 11.6 Å². The van der Waals surface area contributed by atoms with E-state index in [-0.39, 0.29) is 17.9 Å². The maximum Gasteiger partial charge on any atom is 0.333 e. The average molecular weight is 228 g/mol. The highest BCUT2D eigenvalue weighted by Gasteiger charge is 2.09. The third-order valence-electron chi connectivity index (χ3n) is 2.08. The molecular weight excluding hydrogens is 208 g/mol. The second kappa shape index (κ2) is 7.87. The maximum atomic E-state index is 11.3. The summed E-state index contributed by atoms with van der Waals surface area (Å²) in [6.45, 7) is 6.38. The Kier molecular flexibility index (Phi) is 7.20. The van der Waals surface area contributed by atoms with E-state index in [9.17, 15) is 9.59 Å². The molecule has 0 radical (unpaired) electrons. The van der Waals surface area contributed by atoms with Crippen LogP contribution in [0.4, 0.5) is 0 Å². The third kappa shape index (κ3) is 5.50. The van der Waals surface area contributed by atoms with E-state index in [0.717, 1.165) is 0 Å². The van der Waals surface area contributed by atoms with Crippen LogP contribution in [-0.2, 0) is 14.3 Å². The molecule has 5 heteroatoms. The summed E-state index contributed by atoms with van der Waals surface area (Å²) in [5, 5.41) is 5.68. The number of carbonyl (C=O) groups excluding carboxylic acids is 2. The fourth-order valence-electron chi connectivity index (χ4n) is 1.05. The zero-order valence-electron chi connectivity index (χ0n) is 10.3. The van der Waals surface area contributed by atoms with Gasteiger partial charge in [0, 0.05) is 18.7 Å². The lowest BCUT2D eigenvalue weighted by atomic mass is 10.2. The molecule has 0 aliphatic heterocycles. The molecule has 0 aromatic carbocycles. The molecule has 0 spiro atoms. The number of amides is 1. The highest BCUT2D eigenvalue weighted by molar-refractivity contribution is 5.87. The molecule has 0 saturated carbocycles. The number of likely N-dealkylation sites (N-methyl/N-ethyl adjacent to an activating group) is 1. The van der Waals surface area contributed by atoms with Crippen LogP contribution in [0.5, 0.6) is 0 Å². The summed E-state index contributed by atoms with van der Waals surface area (Å²) in [7, 11) is 1.34. The number of methoxy groups -OCH3 is 1. The highest BCUT2D eigenvalue weighted by atomic mass is 16.5. The summed E-state index contributed by atoms with van der Waals surface area (Å²) in [6.07, 6.45) is 1.70. The van der Waals surface area contributed by atoms with E-state index >= 15 is 0 Å². The Labute approximate surface area is 96.2 Å². The van der Waals surface area contributed by atoms with Crippen LogP contribution >= 0.6 is 0 Å². The molecule has 0 bridgehead atoms. The molecule has 16 heavy (non-hydrogen) atoms. The smallest absolute Gasteiger partial charge is 0.333 e. The van der Waals surface area contributed by atoms with Crippen LogP contribution < -0.4 is 10.6 Å².